The van der Waals surface area contributed by atoms with E-state index in [2.05, 4.69) is 21.1 Å². The molecule has 0 aliphatic heterocycles. The first-order chi connectivity index (χ1) is 9.49. The van der Waals surface area contributed by atoms with Crippen LogP contribution in [0.5, 0.6) is 0 Å². The van der Waals surface area contributed by atoms with Crippen molar-refractivity contribution in [2.75, 3.05) is 0 Å². The van der Waals surface area contributed by atoms with Gasteiger partial charge in [-0.3, -0.25) is 4.79 Å². The second-order valence-corrected chi connectivity index (χ2v) is 5.21. The monoisotopic (exact) mass is 333 g/mol. The van der Waals surface area contributed by atoms with Crippen LogP contribution in [0.3, 0.4) is 0 Å². The number of nitrogens with zero attached hydrogens (tertiary/aromatic N) is 1. The average molecular weight is 334 g/mol. The molecule has 0 unspecified atom stereocenters. The quantitative estimate of drug-likeness (QED) is 0.473. The molecule has 0 heterocycles. The molecule has 0 amide bonds. The molecule has 1 aromatic rings. The summed E-state index contributed by atoms with van der Waals surface area (Å²) >= 11 is 3.27. The minimum Gasteiger partial charge on any atom is -0.312 e. The first-order valence-corrected chi connectivity index (χ1v) is 6.73. The molecule has 0 N–H and O–H groups in total. The summed E-state index contributed by atoms with van der Waals surface area (Å²) in [6.07, 6.45) is 3.07. The molecule has 0 saturated carbocycles. The van der Waals surface area contributed by atoms with Crippen LogP contribution >= 0.6 is 15.9 Å². The first-order valence-electron chi connectivity index (χ1n) is 5.94. The largest absolute Gasteiger partial charge is 0.366 e. The molecule has 0 spiro atoms. The number of oxime groups is 1. The Morgan fingerprint density at radius 3 is 2.55 bits per heavy atom. The van der Waals surface area contributed by atoms with E-state index in [0.29, 0.717) is 26.9 Å². The molecule has 102 valence electrons. The van der Waals surface area contributed by atoms with Gasteiger partial charge in [-0.1, -0.05) is 17.3 Å². The van der Waals surface area contributed by atoms with Gasteiger partial charge in [-0.25, -0.2) is 4.79 Å². The summed E-state index contributed by atoms with van der Waals surface area (Å²) in [4.78, 5) is 28.3. The second kappa shape index (κ2) is 5.96. The zero-order valence-corrected chi connectivity index (χ0v) is 12.6. The maximum atomic E-state index is 11.9. The topological polar surface area (TPSA) is 55.7 Å². The highest BCUT2D eigenvalue weighted by Gasteiger charge is 2.15. The van der Waals surface area contributed by atoms with E-state index in [9.17, 15) is 9.59 Å². The number of halogens is 1. The van der Waals surface area contributed by atoms with Gasteiger partial charge in [-0.15, -0.1) is 0 Å². The summed E-state index contributed by atoms with van der Waals surface area (Å²) in [5, 5.41) is 3.82. The molecule has 0 atom stereocenters. The number of carbonyl (C=O) groups excluding carboxylic acids is 2. The molecule has 5 heteroatoms. The van der Waals surface area contributed by atoms with Crippen molar-refractivity contribution in [3.8, 4) is 0 Å². The normalized spacial score (nSPS) is 16.8. The summed E-state index contributed by atoms with van der Waals surface area (Å²) in [6.45, 7) is 3.43. The van der Waals surface area contributed by atoms with E-state index >= 15 is 0 Å². The highest BCUT2D eigenvalue weighted by molar-refractivity contribution is 9.10. The second-order valence-electron chi connectivity index (χ2n) is 4.35. The van der Waals surface area contributed by atoms with Gasteiger partial charge in [-0.05, 0) is 65.2 Å². The first kappa shape index (κ1) is 14.4. The Balaban J connectivity index is 2.18. The lowest BCUT2D eigenvalue weighted by Crippen LogP contribution is -2.11. The van der Waals surface area contributed by atoms with Gasteiger partial charge in [0.25, 0.3) is 0 Å². The fraction of sp³-hybridized carbons (Fsp3) is 0.133. The van der Waals surface area contributed by atoms with Crippen LogP contribution in [0, 0.1) is 0 Å². The predicted octanol–water partition coefficient (Wildman–Crippen LogP) is 3.44. The molecule has 0 radical (unpaired) electrons. The number of benzene rings is 1. The van der Waals surface area contributed by atoms with Crippen LogP contribution in [0.2, 0.25) is 0 Å². The van der Waals surface area contributed by atoms with Gasteiger partial charge in [0.15, 0.2) is 5.78 Å². The fourth-order valence-electron chi connectivity index (χ4n) is 1.64. The predicted molar refractivity (Wildman–Crippen MR) is 79.5 cm³/mol. The molecule has 1 aromatic carbocycles. The van der Waals surface area contributed by atoms with Crippen molar-refractivity contribution in [2.24, 2.45) is 5.16 Å². The van der Waals surface area contributed by atoms with Crippen LogP contribution in [0.15, 0.2) is 57.2 Å². The molecule has 4 nitrogen and oxygen atoms in total. The van der Waals surface area contributed by atoms with Crippen molar-refractivity contribution in [1.29, 1.82) is 0 Å². The summed E-state index contributed by atoms with van der Waals surface area (Å²) in [7, 11) is 0. The lowest BCUT2D eigenvalue weighted by Gasteiger charge is -2.08. The van der Waals surface area contributed by atoms with Crippen molar-refractivity contribution >= 4 is 33.4 Å². The van der Waals surface area contributed by atoms with Gasteiger partial charge >= 0.3 is 5.97 Å². The van der Waals surface area contributed by atoms with E-state index in [-0.39, 0.29) is 5.78 Å². The van der Waals surface area contributed by atoms with Crippen LogP contribution in [-0.4, -0.2) is 17.5 Å². The van der Waals surface area contributed by atoms with Crippen LogP contribution in [-0.2, 0) is 9.63 Å². The third-order valence-electron chi connectivity index (χ3n) is 2.81. The Morgan fingerprint density at radius 2 is 1.85 bits per heavy atom. The van der Waals surface area contributed by atoms with E-state index in [1.165, 1.54) is 6.08 Å². The van der Waals surface area contributed by atoms with Gasteiger partial charge in [0.1, 0.15) is 5.71 Å². The van der Waals surface area contributed by atoms with Crippen molar-refractivity contribution in [3.05, 3.63) is 57.6 Å². The lowest BCUT2D eigenvalue weighted by molar-refractivity contribution is -0.111. The highest BCUT2D eigenvalue weighted by Crippen LogP contribution is 2.17. The van der Waals surface area contributed by atoms with Crippen LogP contribution < -0.4 is 0 Å². The third kappa shape index (κ3) is 3.11. The summed E-state index contributed by atoms with van der Waals surface area (Å²) in [5.74, 6) is -0.612. The summed E-state index contributed by atoms with van der Waals surface area (Å²) < 4.78 is 0.642. The number of allylic oxidation sites excluding steroid dienone is 4. The van der Waals surface area contributed by atoms with Crippen molar-refractivity contribution < 1.29 is 14.4 Å². The van der Waals surface area contributed by atoms with Crippen LogP contribution in [0.25, 0.3) is 0 Å². The van der Waals surface area contributed by atoms with Crippen molar-refractivity contribution in [3.63, 3.8) is 0 Å². The molecule has 0 aromatic heterocycles. The Kier molecular flexibility index (Phi) is 4.29. The van der Waals surface area contributed by atoms with E-state index < -0.39 is 5.97 Å². The zero-order valence-electron chi connectivity index (χ0n) is 11.0. The van der Waals surface area contributed by atoms with Gasteiger partial charge in [0, 0.05) is 4.47 Å². The molecule has 1 aliphatic rings. The Morgan fingerprint density at radius 1 is 1.15 bits per heavy atom. The summed E-state index contributed by atoms with van der Waals surface area (Å²) in [6, 6.07) is 6.93. The molecule has 0 saturated heterocycles. The standard InChI is InChI=1S/C15H12BrNO3/c1-9-8-14(18)10(2)7-13(9)17-20-15(19)11-5-3-4-6-12(11)16/h3-8H,1-2H3. The minimum atomic E-state index is -0.555. The van der Waals surface area contributed by atoms with E-state index in [1.807, 2.05) is 0 Å². The molecule has 0 fully saturated rings. The molecular formula is C15H12BrNO3. The molecule has 0 bridgehead atoms. The van der Waals surface area contributed by atoms with Crippen LogP contribution in [0.1, 0.15) is 24.2 Å². The molecule has 1 aliphatic carbocycles. The van der Waals surface area contributed by atoms with Gasteiger partial charge < -0.3 is 4.84 Å². The fourth-order valence-corrected chi connectivity index (χ4v) is 2.09. The smallest absolute Gasteiger partial charge is 0.312 e. The summed E-state index contributed by atoms with van der Waals surface area (Å²) in [5.41, 5.74) is 2.10. The Bertz CT molecular complexity index is 671. The van der Waals surface area contributed by atoms with Crippen molar-refractivity contribution in [2.45, 2.75) is 13.8 Å². The molecule has 2 rings (SSSR count). The number of hydrogen-bond donors (Lipinski definition) is 0. The number of carbonyl (C=O) groups is 2. The van der Waals surface area contributed by atoms with E-state index in [0.717, 1.165) is 0 Å². The van der Waals surface area contributed by atoms with E-state index in [4.69, 9.17) is 4.84 Å². The SMILES string of the molecule is CC1=CC(=NOC(=O)c2ccccc2Br)C(C)=CC1=O. The Hall–Kier alpha value is -2.01. The number of rotatable bonds is 2. The number of ketones is 1. The lowest BCUT2D eigenvalue weighted by atomic mass is 9.99. The van der Waals surface area contributed by atoms with Gasteiger partial charge in [0.2, 0.25) is 0 Å². The number of hydrogen-bond acceptors (Lipinski definition) is 4. The van der Waals surface area contributed by atoms with Crippen LogP contribution in [0.4, 0.5) is 0 Å². The zero-order chi connectivity index (χ0) is 14.7. The average Bonchev–Trinajstić information content (AvgIpc) is 2.41. The highest BCUT2D eigenvalue weighted by atomic mass is 79.9. The maximum absolute atomic E-state index is 11.9. The molecular weight excluding hydrogens is 322 g/mol. The minimum absolute atomic E-state index is 0.0569. The Labute approximate surface area is 124 Å². The third-order valence-corrected chi connectivity index (χ3v) is 3.51. The maximum Gasteiger partial charge on any atom is 0.366 e. The molecule has 20 heavy (non-hydrogen) atoms. The van der Waals surface area contributed by atoms with Gasteiger partial charge in [0.05, 0.1) is 5.56 Å². The van der Waals surface area contributed by atoms with E-state index in [1.54, 1.807) is 44.2 Å². The van der Waals surface area contributed by atoms with Crippen molar-refractivity contribution in [1.82, 2.24) is 0 Å². The van der Waals surface area contributed by atoms with Gasteiger partial charge in [-0.2, -0.15) is 0 Å².